The van der Waals surface area contributed by atoms with Gasteiger partial charge in [0.1, 0.15) is 11.6 Å². The Morgan fingerprint density at radius 2 is 1.82 bits per heavy atom. The summed E-state index contributed by atoms with van der Waals surface area (Å²) in [5, 5.41) is 2.98. The SMILES string of the molecule is CCOC(=O)CNC(CN1CCCCC1)C(=O)OC(C)(C)C. The van der Waals surface area contributed by atoms with Crippen molar-refractivity contribution >= 4 is 11.9 Å². The van der Waals surface area contributed by atoms with E-state index in [9.17, 15) is 9.59 Å². The predicted molar refractivity (Wildman–Crippen MR) is 84.6 cm³/mol. The third kappa shape index (κ3) is 7.75. The molecule has 1 heterocycles. The fraction of sp³-hybridized carbons (Fsp3) is 0.875. The Bertz CT molecular complexity index is 360. The summed E-state index contributed by atoms with van der Waals surface area (Å²) in [5.41, 5.74) is -0.539. The second kappa shape index (κ2) is 9.10. The lowest BCUT2D eigenvalue weighted by atomic mass is 10.1. The largest absolute Gasteiger partial charge is 0.465 e. The fourth-order valence-corrected chi connectivity index (χ4v) is 2.41. The van der Waals surface area contributed by atoms with E-state index in [1.54, 1.807) is 6.92 Å². The average molecular weight is 314 g/mol. The lowest BCUT2D eigenvalue weighted by Crippen LogP contribution is -2.51. The van der Waals surface area contributed by atoms with E-state index in [4.69, 9.17) is 9.47 Å². The number of rotatable bonds is 7. The quantitative estimate of drug-likeness (QED) is 0.715. The minimum atomic E-state index is -0.539. The number of nitrogens with zero attached hydrogens (tertiary/aromatic N) is 1. The number of hydrogen-bond acceptors (Lipinski definition) is 6. The van der Waals surface area contributed by atoms with Gasteiger partial charge in [0.25, 0.3) is 0 Å². The minimum absolute atomic E-state index is 0.0194. The zero-order valence-corrected chi connectivity index (χ0v) is 14.3. The summed E-state index contributed by atoms with van der Waals surface area (Å²) in [6, 6.07) is -0.512. The molecule has 1 saturated heterocycles. The van der Waals surface area contributed by atoms with Gasteiger partial charge in [0.15, 0.2) is 0 Å². The number of esters is 2. The monoisotopic (exact) mass is 314 g/mol. The van der Waals surface area contributed by atoms with E-state index in [1.165, 1.54) is 6.42 Å². The molecule has 0 aromatic rings. The van der Waals surface area contributed by atoms with Crippen molar-refractivity contribution in [1.29, 1.82) is 0 Å². The Balaban J connectivity index is 2.58. The van der Waals surface area contributed by atoms with Gasteiger partial charge in [-0.25, -0.2) is 0 Å². The summed E-state index contributed by atoms with van der Waals surface area (Å²) < 4.78 is 10.3. The van der Waals surface area contributed by atoms with E-state index in [0.717, 1.165) is 25.9 Å². The highest BCUT2D eigenvalue weighted by Gasteiger charge is 2.28. The van der Waals surface area contributed by atoms with Crippen LogP contribution < -0.4 is 5.32 Å². The molecule has 1 aliphatic rings. The predicted octanol–water partition coefficient (Wildman–Crippen LogP) is 1.34. The highest BCUT2D eigenvalue weighted by molar-refractivity contribution is 5.78. The maximum absolute atomic E-state index is 12.3. The van der Waals surface area contributed by atoms with Crippen LogP contribution in [0.25, 0.3) is 0 Å². The highest BCUT2D eigenvalue weighted by Crippen LogP contribution is 2.12. The van der Waals surface area contributed by atoms with Crippen LogP contribution in [0.1, 0.15) is 47.0 Å². The number of carbonyl (C=O) groups excluding carboxylic acids is 2. The van der Waals surface area contributed by atoms with Crippen molar-refractivity contribution < 1.29 is 19.1 Å². The summed E-state index contributed by atoms with van der Waals surface area (Å²) in [6.07, 6.45) is 3.54. The molecule has 0 aromatic carbocycles. The van der Waals surface area contributed by atoms with Crippen LogP contribution in [0.4, 0.5) is 0 Å². The molecular formula is C16H30N2O4. The molecule has 1 N–H and O–H groups in total. The Morgan fingerprint density at radius 3 is 2.36 bits per heavy atom. The second-order valence-electron chi connectivity index (χ2n) is 6.63. The lowest BCUT2D eigenvalue weighted by Gasteiger charge is -2.31. The van der Waals surface area contributed by atoms with Crippen LogP contribution in [-0.2, 0) is 19.1 Å². The molecule has 0 aromatic heterocycles. The molecule has 0 saturated carbocycles. The smallest absolute Gasteiger partial charge is 0.325 e. The number of likely N-dealkylation sites (tertiary alicyclic amines) is 1. The van der Waals surface area contributed by atoms with Gasteiger partial charge in [0, 0.05) is 6.54 Å². The first kappa shape index (κ1) is 18.9. The van der Waals surface area contributed by atoms with Crippen LogP contribution in [-0.4, -0.2) is 61.3 Å². The van der Waals surface area contributed by atoms with Gasteiger partial charge in [-0.3, -0.25) is 14.9 Å². The number of piperidine rings is 1. The molecule has 6 nitrogen and oxygen atoms in total. The van der Waals surface area contributed by atoms with Crippen molar-refractivity contribution in [3.05, 3.63) is 0 Å². The van der Waals surface area contributed by atoms with Crippen LogP contribution in [0.5, 0.6) is 0 Å². The summed E-state index contributed by atoms with van der Waals surface area (Å²) in [7, 11) is 0. The molecule has 6 heteroatoms. The molecule has 22 heavy (non-hydrogen) atoms. The number of hydrogen-bond donors (Lipinski definition) is 1. The van der Waals surface area contributed by atoms with Crippen LogP contribution in [0.3, 0.4) is 0 Å². The van der Waals surface area contributed by atoms with Gasteiger partial charge in [-0.2, -0.15) is 0 Å². The molecule has 1 atom stereocenters. The van der Waals surface area contributed by atoms with Crippen molar-refractivity contribution in [2.24, 2.45) is 0 Å². The van der Waals surface area contributed by atoms with Crippen molar-refractivity contribution in [2.45, 2.75) is 58.6 Å². The molecule has 1 unspecified atom stereocenters. The highest BCUT2D eigenvalue weighted by atomic mass is 16.6. The number of ether oxygens (including phenoxy) is 2. The van der Waals surface area contributed by atoms with E-state index in [-0.39, 0.29) is 18.5 Å². The first-order valence-electron chi connectivity index (χ1n) is 8.16. The number of carbonyl (C=O) groups is 2. The number of nitrogens with one attached hydrogen (secondary N) is 1. The van der Waals surface area contributed by atoms with Crippen LogP contribution in [0.15, 0.2) is 0 Å². The van der Waals surface area contributed by atoms with E-state index in [1.807, 2.05) is 20.8 Å². The van der Waals surface area contributed by atoms with Crippen molar-refractivity contribution in [3.63, 3.8) is 0 Å². The molecule has 0 spiro atoms. The first-order chi connectivity index (χ1) is 10.3. The van der Waals surface area contributed by atoms with Gasteiger partial charge in [-0.1, -0.05) is 6.42 Å². The van der Waals surface area contributed by atoms with Gasteiger partial charge in [-0.15, -0.1) is 0 Å². The maximum Gasteiger partial charge on any atom is 0.325 e. The van der Waals surface area contributed by atoms with Crippen molar-refractivity contribution in [2.75, 3.05) is 32.8 Å². The van der Waals surface area contributed by atoms with Crippen molar-refractivity contribution in [1.82, 2.24) is 10.2 Å². The topological polar surface area (TPSA) is 67.9 Å². The molecule has 0 radical (unpaired) electrons. The van der Waals surface area contributed by atoms with Crippen LogP contribution >= 0.6 is 0 Å². The normalized spacial score (nSPS) is 17.8. The molecule has 128 valence electrons. The molecule has 1 rings (SSSR count). The average Bonchev–Trinajstić information content (AvgIpc) is 2.43. The molecule has 0 aliphatic carbocycles. The van der Waals surface area contributed by atoms with Crippen LogP contribution in [0, 0.1) is 0 Å². The third-order valence-electron chi connectivity index (χ3n) is 3.38. The van der Waals surface area contributed by atoms with E-state index in [2.05, 4.69) is 10.2 Å². The fourth-order valence-electron chi connectivity index (χ4n) is 2.41. The van der Waals surface area contributed by atoms with Gasteiger partial charge >= 0.3 is 11.9 Å². The lowest BCUT2D eigenvalue weighted by molar-refractivity contribution is -0.158. The molecule has 0 amide bonds. The zero-order valence-electron chi connectivity index (χ0n) is 14.3. The Morgan fingerprint density at radius 1 is 1.18 bits per heavy atom. The summed E-state index contributed by atoms with van der Waals surface area (Å²) in [4.78, 5) is 26.1. The molecule has 1 aliphatic heterocycles. The van der Waals surface area contributed by atoms with Gasteiger partial charge in [-0.05, 0) is 53.6 Å². The van der Waals surface area contributed by atoms with Gasteiger partial charge < -0.3 is 14.4 Å². The van der Waals surface area contributed by atoms with Gasteiger partial charge in [0.2, 0.25) is 0 Å². The Kier molecular flexibility index (Phi) is 7.82. The molecule has 0 bridgehead atoms. The summed E-state index contributed by atoms with van der Waals surface area (Å²) >= 11 is 0. The second-order valence-corrected chi connectivity index (χ2v) is 6.63. The van der Waals surface area contributed by atoms with Crippen molar-refractivity contribution in [3.8, 4) is 0 Å². The third-order valence-corrected chi connectivity index (χ3v) is 3.38. The summed E-state index contributed by atoms with van der Waals surface area (Å²) in [6.45, 7) is 10.2. The molecule has 1 fully saturated rings. The standard InChI is InChI=1S/C16H30N2O4/c1-5-21-14(19)11-17-13(15(20)22-16(2,3)4)12-18-9-7-6-8-10-18/h13,17H,5-12H2,1-4H3. The molecular weight excluding hydrogens is 284 g/mol. The van der Waals surface area contributed by atoms with E-state index in [0.29, 0.717) is 13.2 Å². The Hall–Kier alpha value is -1.14. The summed E-state index contributed by atoms with van der Waals surface area (Å²) in [5.74, 6) is -0.669. The Labute approximate surface area is 133 Å². The van der Waals surface area contributed by atoms with Gasteiger partial charge in [0.05, 0.1) is 13.2 Å². The zero-order chi connectivity index (χ0) is 16.6. The maximum atomic E-state index is 12.3. The van der Waals surface area contributed by atoms with Crippen LogP contribution in [0.2, 0.25) is 0 Å². The first-order valence-corrected chi connectivity index (χ1v) is 8.16. The minimum Gasteiger partial charge on any atom is -0.465 e. The van der Waals surface area contributed by atoms with E-state index < -0.39 is 11.6 Å². The van der Waals surface area contributed by atoms with E-state index >= 15 is 0 Å².